The third-order valence-electron chi connectivity index (χ3n) is 4.75. The van der Waals surface area contributed by atoms with Crippen molar-refractivity contribution in [3.63, 3.8) is 0 Å². The van der Waals surface area contributed by atoms with Gasteiger partial charge >= 0.3 is 0 Å². The summed E-state index contributed by atoms with van der Waals surface area (Å²) in [5.74, 6) is 0.736. The zero-order valence-corrected chi connectivity index (χ0v) is 18.9. The highest BCUT2D eigenvalue weighted by atomic mass is 16.5. The van der Waals surface area contributed by atoms with Crippen LogP contribution in [0.15, 0.2) is 35.9 Å². The first-order valence-corrected chi connectivity index (χ1v) is 10.2. The van der Waals surface area contributed by atoms with Crippen LogP contribution in [0.25, 0.3) is 6.08 Å². The van der Waals surface area contributed by atoms with Gasteiger partial charge in [-0.2, -0.15) is 5.26 Å². The number of benzene rings is 2. The minimum absolute atomic E-state index is 0.0122. The second-order valence-electron chi connectivity index (χ2n) is 7.22. The number of nitrogens with zero attached hydrogens (tertiary/aromatic N) is 1. The fourth-order valence-corrected chi connectivity index (χ4v) is 3.27. The molecule has 0 aliphatic carbocycles. The molecule has 2 rings (SSSR count). The van der Waals surface area contributed by atoms with Gasteiger partial charge in [-0.25, -0.2) is 0 Å². The van der Waals surface area contributed by atoms with E-state index in [1.807, 2.05) is 13.0 Å². The van der Waals surface area contributed by atoms with E-state index in [9.17, 15) is 10.1 Å². The van der Waals surface area contributed by atoms with Crippen molar-refractivity contribution < 1.29 is 19.0 Å². The van der Waals surface area contributed by atoms with E-state index < -0.39 is 5.91 Å². The van der Waals surface area contributed by atoms with Crippen LogP contribution in [0.5, 0.6) is 11.5 Å². The zero-order valence-electron chi connectivity index (χ0n) is 18.9. The Kier molecular flexibility index (Phi) is 9.11. The van der Waals surface area contributed by atoms with Crippen molar-refractivity contribution in [1.82, 2.24) is 5.32 Å². The Morgan fingerprint density at radius 3 is 2.42 bits per heavy atom. The fraction of sp³-hybridized carbons (Fsp3) is 0.360. The minimum atomic E-state index is -0.442. The van der Waals surface area contributed by atoms with Crippen molar-refractivity contribution in [3.8, 4) is 17.6 Å². The molecule has 0 aliphatic rings. The Bertz CT molecular complexity index is 966. The number of aryl methyl sites for hydroxylation is 3. The van der Waals surface area contributed by atoms with Gasteiger partial charge in [-0.3, -0.25) is 4.79 Å². The van der Waals surface area contributed by atoms with E-state index in [1.54, 1.807) is 25.3 Å². The second kappa shape index (κ2) is 11.8. The average Bonchev–Trinajstić information content (AvgIpc) is 2.72. The maximum absolute atomic E-state index is 12.2. The predicted octanol–water partition coefficient (Wildman–Crippen LogP) is 4.26. The lowest BCUT2D eigenvalue weighted by Crippen LogP contribution is -2.27. The van der Waals surface area contributed by atoms with Gasteiger partial charge in [0, 0.05) is 13.7 Å². The summed E-state index contributed by atoms with van der Waals surface area (Å²) in [5.41, 5.74) is 5.44. The van der Waals surface area contributed by atoms with Crippen LogP contribution in [-0.2, 0) is 16.1 Å². The van der Waals surface area contributed by atoms with Gasteiger partial charge in [0.1, 0.15) is 18.2 Å². The first-order chi connectivity index (χ1) is 14.9. The number of ether oxygens (including phenoxy) is 3. The molecule has 6 nitrogen and oxygen atoms in total. The molecule has 1 amide bonds. The molecule has 0 heterocycles. The molecular formula is C25H30N2O4. The summed E-state index contributed by atoms with van der Waals surface area (Å²) < 4.78 is 16.7. The molecule has 1 N–H and O–H groups in total. The van der Waals surface area contributed by atoms with E-state index in [0.717, 1.165) is 5.56 Å². The molecule has 2 aromatic rings. The Balaban J connectivity index is 2.22. The molecule has 0 radical (unpaired) electrons. The van der Waals surface area contributed by atoms with Crippen molar-refractivity contribution >= 4 is 12.0 Å². The standard InChI is InChI=1S/C25H30N2O4/c1-6-30-24-14-20(13-21(15-26)25(28)27-9-10-29-5)7-8-23(24)31-16-22-18(3)11-17(2)12-19(22)4/h7-8,11-14H,6,9-10,16H2,1-5H3,(H,27,28)/b21-13+. The third-order valence-corrected chi connectivity index (χ3v) is 4.75. The summed E-state index contributed by atoms with van der Waals surface area (Å²) >= 11 is 0. The van der Waals surface area contributed by atoms with Crippen molar-refractivity contribution in [3.05, 3.63) is 63.7 Å². The average molecular weight is 423 g/mol. The Morgan fingerprint density at radius 2 is 1.81 bits per heavy atom. The lowest BCUT2D eigenvalue weighted by atomic mass is 10.0. The number of amides is 1. The van der Waals surface area contributed by atoms with Crippen molar-refractivity contribution in [2.45, 2.75) is 34.3 Å². The molecule has 0 aliphatic heterocycles. The maximum Gasteiger partial charge on any atom is 0.262 e. The summed E-state index contributed by atoms with van der Waals surface area (Å²) in [7, 11) is 1.55. The van der Waals surface area contributed by atoms with E-state index in [1.165, 1.54) is 22.8 Å². The first-order valence-electron chi connectivity index (χ1n) is 10.2. The molecule has 0 bridgehead atoms. The molecule has 0 fully saturated rings. The largest absolute Gasteiger partial charge is 0.490 e. The van der Waals surface area contributed by atoms with Gasteiger partial charge in [-0.15, -0.1) is 0 Å². The number of rotatable bonds is 10. The van der Waals surface area contributed by atoms with Crippen molar-refractivity contribution in [2.75, 3.05) is 26.9 Å². The molecule has 31 heavy (non-hydrogen) atoms. The van der Waals surface area contributed by atoms with Crippen LogP contribution < -0.4 is 14.8 Å². The maximum atomic E-state index is 12.2. The summed E-state index contributed by atoms with van der Waals surface area (Å²) in [6, 6.07) is 11.6. The molecular weight excluding hydrogens is 392 g/mol. The quantitative estimate of drug-likeness (QED) is 0.352. The fourth-order valence-electron chi connectivity index (χ4n) is 3.27. The van der Waals surface area contributed by atoms with E-state index in [-0.39, 0.29) is 5.57 Å². The Morgan fingerprint density at radius 1 is 1.10 bits per heavy atom. The highest BCUT2D eigenvalue weighted by Crippen LogP contribution is 2.31. The molecule has 0 aromatic heterocycles. The topological polar surface area (TPSA) is 80.6 Å². The predicted molar refractivity (Wildman–Crippen MR) is 121 cm³/mol. The number of carbonyl (C=O) groups is 1. The third kappa shape index (κ3) is 6.87. The highest BCUT2D eigenvalue weighted by Gasteiger charge is 2.12. The van der Waals surface area contributed by atoms with Gasteiger partial charge in [-0.1, -0.05) is 23.8 Å². The minimum Gasteiger partial charge on any atom is -0.490 e. The van der Waals surface area contributed by atoms with E-state index in [2.05, 4.69) is 38.2 Å². The van der Waals surface area contributed by atoms with Gasteiger partial charge in [0.2, 0.25) is 0 Å². The lowest BCUT2D eigenvalue weighted by molar-refractivity contribution is -0.117. The molecule has 0 saturated carbocycles. The summed E-state index contributed by atoms with van der Waals surface area (Å²) in [4.78, 5) is 12.2. The smallest absolute Gasteiger partial charge is 0.262 e. The number of nitrogens with one attached hydrogen (secondary N) is 1. The van der Waals surface area contributed by atoms with Crippen LogP contribution in [-0.4, -0.2) is 32.8 Å². The summed E-state index contributed by atoms with van der Waals surface area (Å²) in [6.45, 7) is 9.75. The van der Waals surface area contributed by atoms with Crippen LogP contribution in [0, 0.1) is 32.1 Å². The molecule has 164 valence electrons. The number of nitriles is 1. The van der Waals surface area contributed by atoms with Crippen LogP contribution in [0.3, 0.4) is 0 Å². The molecule has 0 spiro atoms. The SMILES string of the molecule is CCOc1cc(/C=C(\C#N)C(=O)NCCOC)ccc1OCc1c(C)cc(C)cc1C. The van der Waals surface area contributed by atoms with Crippen LogP contribution in [0.2, 0.25) is 0 Å². The zero-order chi connectivity index (χ0) is 22.8. The van der Waals surface area contributed by atoms with Gasteiger partial charge < -0.3 is 19.5 Å². The van der Waals surface area contributed by atoms with Gasteiger partial charge in [0.05, 0.1) is 13.2 Å². The van der Waals surface area contributed by atoms with Crippen LogP contribution >= 0.6 is 0 Å². The number of carbonyl (C=O) groups excluding carboxylic acids is 1. The molecule has 0 saturated heterocycles. The van der Waals surface area contributed by atoms with Crippen molar-refractivity contribution in [1.29, 1.82) is 5.26 Å². The second-order valence-corrected chi connectivity index (χ2v) is 7.22. The van der Waals surface area contributed by atoms with Gasteiger partial charge in [-0.05, 0) is 68.2 Å². The molecule has 0 unspecified atom stereocenters. The normalized spacial score (nSPS) is 11.0. The van der Waals surface area contributed by atoms with Gasteiger partial charge in [0.15, 0.2) is 11.5 Å². The number of methoxy groups -OCH3 is 1. The van der Waals surface area contributed by atoms with E-state index in [4.69, 9.17) is 14.2 Å². The summed E-state index contributed by atoms with van der Waals surface area (Å²) in [5, 5.41) is 12.0. The first kappa shape index (κ1) is 24.0. The van der Waals surface area contributed by atoms with Gasteiger partial charge in [0.25, 0.3) is 5.91 Å². The monoisotopic (exact) mass is 422 g/mol. The van der Waals surface area contributed by atoms with Crippen molar-refractivity contribution in [2.24, 2.45) is 0 Å². The molecule has 2 aromatic carbocycles. The number of hydrogen-bond acceptors (Lipinski definition) is 5. The number of hydrogen-bond donors (Lipinski definition) is 1. The molecule has 0 atom stereocenters. The van der Waals surface area contributed by atoms with Crippen LogP contribution in [0.4, 0.5) is 0 Å². The lowest BCUT2D eigenvalue weighted by Gasteiger charge is -2.16. The molecule has 6 heteroatoms. The van der Waals surface area contributed by atoms with Crippen LogP contribution in [0.1, 0.15) is 34.7 Å². The van der Waals surface area contributed by atoms with E-state index in [0.29, 0.717) is 43.4 Å². The highest BCUT2D eigenvalue weighted by molar-refractivity contribution is 6.01. The summed E-state index contributed by atoms with van der Waals surface area (Å²) in [6.07, 6.45) is 1.53. The Hall–Kier alpha value is -3.30. The Labute approximate surface area is 184 Å². The van der Waals surface area contributed by atoms with E-state index >= 15 is 0 Å².